The molecule has 23 heavy (non-hydrogen) atoms. The van der Waals surface area contributed by atoms with Crippen LogP contribution in [-0.2, 0) is 0 Å². The van der Waals surface area contributed by atoms with Gasteiger partial charge in [0.15, 0.2) is 0 Å². The molecule has 0 saturated carbocycles. The Morgan fingerprint density at radius 2 is 1.96 bits per heavy atom. The summed E-state index contributed by atoms with van der Waals surface area (Å²) in [6, 6.07) is 12.9. The van der Waals surface area contributed by atoms with Crippen molar-refractivity contribution < 1.29 is 14.3 Å². The first-order valence-electron chi connectivity index (χ1n) is 7.26. The summed E-state index contributed by atoms with van der Waals surface area (Å²) in [5.74, 6) is -0.484. The van der Waals surface area contributed by atoms with Gasteiger partial charge in [-0.1, -0.05) is 41.9 Å². The van der Waals surface area contributed by atoms with E-state index in [1.54, 1.807) is 0 Å². The number of hydrogen-bond donors (Lipinski definition) is 3. The van der Waals surface area contributed by atoms with Crippen molar-refractivity contribution >= 4 is 23.3 Å². The van der Waals surface area contributed by atoms with Crippen LogP contribution in [0.4, 0.5) is 14.9 Å². The van der Waals surface area contributed by atoms with Gasteiger partial charge in [0.1, 0.15) is 5.82 Å². The molecule has 0 bridgehead atoms. The first-order valence-corrected chi connectivity index (χ1v) is 7.63. The van der Waals surface area contributed by atoms with E-state index in [9.17, 15) is 14.3 Å². The summed E-state index contributed by atoms with van der Waals surface area (Å²) >= 11 is 5.91. The van der Waals surface area contributed by atoms with Gasteiger partial charge in [0, 0.05) is 19.1 Å². The Morgan fingerprint density at radius 1 is 1.22 bits per heavy atom. The third-order valence-electron chi connectivity index (χ3n) is 3.43. The van der Waals surface area contributed by atoms with Gasteiger partial charge in [0.05, 0.1) is 10.7 Å². The van der Waals surface area contributed by atoms with Gasteiger partial charge in [-0.25, -0.2) is 9.18 Å². The van der Waals surface area contributed by atoms with Gasteiger partial charge in [-0.3, -0.25) is 0 Å². The highest BCUT2D eigenvalue weighted by atomic mass is 35.5. The molecule has 0 radical (unpaired) electrons. The van der Waals surface area contributed by atoms with Gasteiger partial charge in [-0.2, -0.15) is 0 Å². The molecule has 122 valence electrons. The van der Waals surface area contributed by atoms with Crippen molar-refractivity contribution in [3.8, 4) is 0 Å². The number of benzene rings is 2. The largest absolute Gasteiger partial charge is 0.396 e. The van der Waals surface area contributed by atoms with Gasteiger partial charge in [-0.05, 0) is 30.2 Å². The molecule has 2 rings (SSSR count). The number of hydrogen-bond acceptors (Lipinski definition) is 2. The quantitative estimate of drug-likeness (QED) is 0.752. The Morgan fingerprint density at radius 3 is 2.65 bits per heavy atom. The topological polar surface area (TPSA) is 61.4 Å². The van der Waals surface area contributed by atoms with Gasteiger partial charge < -0.3 is 15.7 Å². The van der Waals surface area contributed by atoms with Crippen LogP contribution in [0.3, 0.4) is 0 Å². The number of nitrogens with one attached hydrogen (secondary N) is 2. The predicted octanol–water partition coefficient (Wildman–Crippen LogP) is 3.77. The highest BCUT2D eigenvalue weighted by Crippen LogP contribution is 2.22. The first-order chi connectivity index (χ1) is 11.1. The zero-order chi connectivity index (χ0) is 16.7. The second-order valence-corrected chi connectivity index (χ2v) is 5.49. The van der Waals surface area contributed by atoms with Crippen LogP contribution in [0.2, 0.25) is 5.02 Å². The number of urea groups is 1. The molecule has 3 N–H and O–H groups in total. The van der Waals surface area contributed by atoms with Crippen molar-refractivity contribution in [1.29, 1.82) is 0 Å². The Kier molecular flexibility index (Phi) is 6.38. The van der Waals surface area contributed by atoms with E-state index < -0.39 is 11.8 Å². The van der Waals surface area contributed by atoms with Gasteiger partial charge in [-0.15, -0.1) is 0 Å². The smallest absolute Gasteiger partial charge is 0.319 e. The zero-order valence-corrected chi connectivity index (χ0v) is 13.2. The van der Waals surface area contributed by atoms with E-state index in [0.717, 1.165) is 11.6 Å². The molecule has 0 spiro atoms. The summed E-state index contributed by atoms with van der Waals surface area (Å²) in [5, 5.41) is 14.7. The fourth-order valence-corrected chi connectivity index (χ4v) is 2.41. The lowest BCUT2D eigenvalue weighted by Gasteiger charge is -2.17. The van der Waals surface area contributed by atoms with Crippen molar-refractivity contribution in [2.45, 2.75) is 12.3 Å². The summed E-state index contributed by atoms with van der Waals surface area (Å²) in [5.41, 5.74) is 1.24. The van der Waals surface area contributed by atoms with Crippen LogP contribution in [0.1, 0.15) is 17.9 Å². The summed E-state index contributed by atoms with van der Waals surface area (Å²) in [6.45, 7) is 0.377. The fourth-order valence-electron chi connectivity index (χ4n) is 2.24. The SMILES string of the molecule is O=C(NCC(CCO)c1ccccc1)Nc1cc(F)ccc1Cl. The van der Waals surface area contributed by atoms with Crippen molar-refractivity contribution in [1.82, 2.24) is 5.32 Å². The van der Waals surface area contributed by atoms with Crippen LogP contribution < -0.4 is 10.6 Å². The first kappa shape index (κ1) is 17.2. The summed E-state index contributed by atoms with van der Waals surface area (Å²) in [4.78, 5) is 12.0. The molecule has 0 aliphatic rings. The Hall–Kier alpha value is -2.11. The van der Waals surface area contributed by atoms with Crippen molar-refractivity contribution in [2.24, 2.45) is 0 Å². The molecule has 0 saturated heterocycles. The molecule has 0 fully saturated rings. The third kappa shape index (κ3) is 5.23. The second kappa shape index (κ2) is 8.50. The molecular weight excluding hydrogens is 319 g/mol. The van der Waals surface area contributed by atoms with E-state index in [0.29, 0.717) is 13.0 Å². The van der Waals surface area contributed by atoms with Gasteiger partial charge in [0.2, 0.25) is 0 Å². The summed E-state index contributed by atoms with van der Waals surface area (Å²) in [6.07, 6.45) is 0.533. The summed E-state index contributed by atoms with van der Waals surface area (Å²) < 4.78 is 13.2. The molecule has 1 atom stereocenters. The molecule has 0 aliphatic heterocycles. The zero-order valence-electron chi connectivity index (χ0n) is 12.4. The lowest BCUT2D eigenvalue weighted by atomic mass is 9.96. The lowest BCUT2D eigenvalue weighted by Crippen LogP contribution is -2.32. The molecule has 1 unspecified atom stereocenters. The van der Waals surface area contributed by atoms with Crippen LogP contribution in [0.15, 0.2) is 48.5 Å². The predicted molar refractivity (Wildman–Crippen MR) is 89.3 cm³/mol. The van der Waals surface area contributed by atoms with Crippen LogP contribution in [0.25, 0.3) is 0 Å². The fraction of sp³-hybridized carbons (Fsp3) is 0.235. The lowest BCUT2D eigenvalue weighted by molar-refractivity contribution is 0.248. The average molecular weight is 337 g/mol. The highest BCUT2D eigenvalue weighted by Gasteiger charge is 2.13. The summed E-state index contributed by atoms with van der Waals surface area (Å²) in [7, 11) is 0. The normalized spacial score (nSPS) is 11.8. The van der Waals surface area contributed by atoms with E-state index in [1.165, 1.54) is 12.1 Å². The number of carbonyl (C=O) groups is 1. The number of carbonyl (C=O) groups excluding carboxylic acids is 1. The molecule has 2 aromatic rings. The molecule has 4 nitrogen and oxygen atoms in total. The van der Waals surface area contributed by atoms with E-state index in [1.807, 2.05) is 30.3 Å². The van der Waals surface area contributed by atoms with Crippen molar-refractivity contribution in [2.75, 3.05) is 18.5 Å². The molecule has 0 aliphatic carbocycles. The third-order valence-corrected chi connectivity index (χ3v) is 3.76. The molecule has 6 heteroatoms. The monoisotopic (exact) mass is 336 g/mol. The highest BCUT2D eigenvalue weighted by molar-refractivity contribution is 6.33. The van der Waals surface area contributed by atoms with Crippen molar-refractivity contribution in [3.63, 3.8) is 0 Å². The Labute approximate surface area is 139 Å². The van der Waals surface area contributed by atoms with Gasteiger partial charge in [0.25, 0.3) is 0 Å². The van der Waals surface area contributed by atoms with E-state index >= 15 is 0 Å². The van der Waals surface area contributed by atoms with Gasteiger partial charge >= 0.3 is 6.03 Å². The number of anilines is 1. The van der Waals surface area contributed by atoms with Crippen molar-refractivity contribution in [3.05, 3.63) is 64.9 Å². The number of aliphatic hydroxyl groups excluding tert-OH is 1. The maximum absolute atomic E-state index is 13.2. The number of amides is 2. The van der Waals surface area contributed by atoms with E-state index in [2.05, 4.69) is 10.6 Å². The minimum atomic E-state index is -0.479. The molecule has 2 aromatic carbocycles. The molecule has 2 amide bonds. The minimum Gasteiger partial charge on any atom is -0.396 e. The average Bonchev–Trinajstić information content (AvgIpc) is 2.55. The maximum Gasteiger partial charge on any atom is 0.319 e. The standard InChI is InChI=1S/C17H18ClFN2O2/c18-15-7-6-14(19)10-16(15)21-17(23)20-11-13(8-9-22)12-4-2-1-3-5-12/h1-7,10,13,22H,8-9,11H2,(H2,20,21,23). The minimum absolute atomic E-state index is 0.00469. The Balaban J connectivity index is 1.95. The molecule has 0 heterocycles. The van der Waals surface area contributed by atoms with Crippen LogP contribution >= 0.6 is 11.6 Å². The van der Waals surface area contributed by atoms with Crippen LogP contribution in [0, 0.1) is 5.82 Å². The number of halogens is 2. The number of aliphatic hydroxyl groups is 1. The van der Waals surface area contributed by atoms with E-state index in [-0.39, 0.29) is 23.2 Å². The molecular formula is C17H18ClFN2O2. The number of rotatable bonds is 6. The van der Waals surface area contributed by atoms with Crippen LogP contribution in [0.5, 0.6) is 0 Å². The second-order valence-electron chi connectivity index (χ2n) is 5.08. The Bertz CT molecular complexity index is 652. The maximum atomic E-state index is 13.2. The molecule has 0 aromatic heterocycles. The van der Waals surface area contributed by atoms with Crippen LogP contribution in [-0.4, -0.2) is 24.3 Å². The van der Waals surface area contributed by atoms with E-state index in [4.69, 9.17) is 11.6 Å².